The summed E-state index contributed by atoms with van der Waals surface area (Å²) in [6, 6.07) is 0. The van der Waals surface area contributed by atoms with E-state index < -0.39 is 0 Å². The summed E-state index contributed by atoms with van der Waals surface area (Å²) in [5.41, 5.74) is 6.03. The molecule has 0 amide bonds. The zero-order valence-corrected chi connectivity index (χ0v) is 12.3. The molecule has 2 heterocycles. The molecule has 2 rings (SSSR count). The summed E-state index contributed by atoms with van der Waals surface area (Å²) in [6.07, 6.45) is 7.03. The van der Waals surface area contributed by atoms with Gasteiger partial charge in [-0.1, -0.05) is 35.9 Å². The summed E-state index contributed by atoms with van der Waals surface area (Å²) in [7, 11) is 0. The number of hydrogen-bond acceptors (Lipinski definition) is 5. The predicted octanol–water partition coefficient (Wildman–Crippen LogP) is 1.95. The van der Waals surface area contributed by atoms with Gasteiger partial charge in [-0.2, -0.15) is 0 Å². The maximum atomic E-state index is 6.03. The van der Waals surface area contributed by atoms with Crippen molar-refractivity contribution < 1.29 is 0 Å². The molecule has 1 aliphatic rings. The van der Waals surface area contributed by atoms with Crippen LogP contribution in [0.3, 0.4) is 0 Å². The van der Waals surface area contributed by atoms with Crippen molar-refractivity contribution in [1.29, 1.82) is 0 Å². The van der Waals surface area contributed by atoms with Crippen LogP contribution in [0.1, 0.15) is 30.7 Å². The highest BCUT2D eigenvalue weighted by Crippen LogP contribution is 2.20. The molecule has 18 heavy (non-hydrogen) atoms. The van der Waals surface area contributed by atoms with Crippen molar-refractivity contribution >= 4 is 29.1 Å². The Morgan fingerprint density at radius 3 is 2.67 bits per heavy atom. The van der Waals surface area contributed by atoms with Crippen LogP contribution in [0.2, 0.25) is 0 Å². The molecule has 5 nitrogen and oxygen atoms in total. The molecule has 1 aromatic rings. The summed E-state index contributed by atoms with van der Waals surface area (Å²) < 4.78 is 0.980. The number of guanidine groups is 1. The van der Waals surface area contributed by atoms with E-state index in [0.717, 1.165) is 22.4 Å². The van der Waals surface area contributed by atoms with E-state index in [1.807, 2.05) is 6.26 Å². The van der Waals surface area contributed by atoms with Gasteiger partial charge in [-0.3, -0.25) is 0 Å². The molecule has 100 valence electrons. The predicted molar refractivity (Wildman–Crippen MR) is 77.1 cm³/mol. The molecule has 7 heteroatoms. The van der Waals surface area contributed by atoms with Crippen molar-refractivity contribution in [3.63, 3.8) is 0 Å². The zero-order valence-electron chi connectivity index (χ0n) is 10.6. The molecule has 2 N–H and O–H groups in total. The van der Waals surface area contributed by atoms with Crippen LogP contribution in [0.4, 0.5) is 0 Å². The van der Waals surface area contributed by atoms with Gasteiger partial charge in [0.15, 0.2) is 10.3 Å². The van der Waals surface area contributed by atoms with Gasteiger partial charge in [-0.05, 0) is 19.1 Å². The first-order valence-corrected chi connectivity index (χ1v) is 8.25. The third-order valence-corrected chi connectivity index (χ3v) is 4.81. The minimum atomic E-state index is 0.542. The normalized spacial score (nSPS) is 17.8. The minimum absolute atomic E-state index is 0.542. The highest BCUT2D eigenvalue weighted by atomic mass is 32.2. The topological polar surface area (TPSA) is 67.4 Å². The van der Waals surface area contributed by atoms with E-state index in [2.05, 4.69) is 20.1 Å². The highest BCUT2D eigenvalue weighted by molar-refractivity contribution is 8.00. The first-order valence-electron chi connectivity index (χ1n) is 6.21. The van der Waals surface area contributed by atoms with E-state index in [1.165, 1.54) is 25.7 Å². The second-order valence-corrected chi connectivity index (χ2v) is 6.36. The van der Waals surface area contributed by atoms with E-state index in [4.69, 9.17) is 5.73 Å². The zero-order chi connectivity index (χ0) is 12.8. The Balaban J connectivity index is 1.90. The van der Waals surface area contributed by atoms with Gasteiger partial charge in [0.1, 0.15) is 5.01 Å². The minimum Gasteiger partial charge on any atom is -0.370 e. The molecule has 0 radical (unpaired) electrons. The van der Waals surface area contributed by atoms with Crippen LogP contribution < -0.4 is 5.73 Å². The molecule has 0 saturated carbocycles. The summed E-state index contributed by atoms with van der Waals surface area (Å²) in [4.78, 5) is 6.61. The number of likely N-dealkylation sites (tertiary alicyclic amines) is 1. The molecule has 0 aromatic carbocycles. The fourth-order valence-electron chi connectivity index (χ4n) is 1.93. The van der Waals surface area contributed by atoms with Gasteiger partial charge in [0.25, 0.3) is 0 Å². The average molecular weight is 285 g/mol. The van der Waals surface area contributed by atoms with Crippen LogP contribution in [0.15, 0.2) is 9.33 Å². The second-order valence-electron chi connectivity index (χ2n) is 4.24. The lowest BCUT2D eigenvalue weighted by Gasteiger charge is -2.20. The number of nitrogens with zero attached hydrogens (tertiary/aromatic N) is 4. The van der Waals surface area contributed by atoms with E-state index >= 15 is 0 Å². The molecule has 0 bridgehead atoms. The lowest BCUT2D eigenvalue weighted by Crippen LogP contribution is -2.38. The third-order valence-electron chi connectivity index (χ3n) is 2.93. The molecular formula is C11H19N5S2. The third kappa shape index (κ3) is 3.84. The van der Waals surface area contributed by atoms with Crippen molar-refractivity contribution in [3.8, 4) is 0 Å². The molecular weight excluding hydrogens is 266 g/mol. The Kier molecular flexibility index (Phi) is 5.25. The van der Waals surface area contributed by atoms with Gasteiger partial charge < -0.3 is 10.6 Å². The van der Waals surface area contributed by atoms with Crippen molar-refractivity contribution in [3.05, 3.63) is 5.01 Å². The number of thioether (sulfide) groups is 1. The number of nitrogens with two attached hydrogens (primary N) is 1. The van der Waals surface area contributed by atoms with Crippen molar-refractivity contribution in [1.82, 2.24) is 15.1 Å². The highest BCUT2D eigenvalue weighted by Gasteiger charge is 2.11. The summed E-state index contributed by atoms with van der Waals surface area (Å²) in [5.74, 6) is 0.651. The molecule has 1 fully saturated rings. The Hall–Kier alpha value is -0.820. The molecule has 1 saturated heterocycles. The summed E-state index contributed by atoms with van der Waals surface area (Å²) >= 11 is 3.19. The quantitative estimate of drug-likeness (QED) is 0.522. The largest absolute Gasteiger partial charge is 0.370 e. The maximum Gasteiger partial charge on any atom is 0.191 e. The molecule has 1 aromatic heterocycles. The lowest BCUT2D eigenvalue weighted by atomic mass is 10.2. The van der Waals surface area contributed by atoms with Crippen LogP contribution in [0.25, 0.3) is 0 Å². The molecule has 0 aliphatic carbocycles. The van der Waals surface area contributed by atoms with Gasteiger partial charge in [0.2, 0.25) is 0 Å². The van der Waals surface area contributed by atoms with E-state index in [9.17, 15) is 0 Å². The van der Waals surface area contributed by atoms with E-state index in [1.54, 1.807) is 23.1 Å². The van der Waals surface area contributed by atoms with Gasteiger partial charge in [-0.15, -0.1) is 10.2 Å². The number of rotatable bonds is 3. The first-order chi connectivity index (χ1) is 8.79. The number of aromatic nitrogens is 2. The van der Waals surface area contributed by atoms with E-state index in [0.29, 0.717) is 12.5 Å². The Morgan fingerprint density at radius 1 is 1.33 bits per heavy atom. The van der Waals surface area contributed by atoms with Crippen molar-refractivity contribution in [2.45, 2.75) is 36.6 Å². The van der Waals surface area contributed by atoms with Gasteiger partial charge in [0.05, 0.1) is 6.54 Å². The molecule has 0 atom stereocenters. The Bertz CT molecular complexity index is 396. The number of aliphatic imine (C=N–C) groups is 1. The van der Waals surface area contributed by atoms with Crippen LogP contribution in [-0.2, 0) is 6.54 Å². The number of hydrogen-bond donors (Lipinski definition) is 1. The molecule has 0 spiro atoms. The fourth-order valence-corrected chi connectivity index (χ4v) is 3.17. The SMILES string of the molecule is CSc1nnc(CN=C(N)N2CCCCCC2)s1. The van der Waals surface area contributed by atoms with Crippen molar-refractivity contribution in [2.75, 3.05) is 19.3 Å². The standard InChI is InChI=1S/C11H19N5S2/c1-17-11-15-14-9(18-11)8-13-10(12)16-6-4-2-3-5-7-16/h2-8H2,1H3,(H2,12,13). The summed E-state index contributed by atoms with van der Waals surface area (Å²) in [5, 5.41) is 9.06. The van der Waals surface area contributed by atoms with Gasteiger partial charge in [0, 0.05) is 13.1 Å². The maximum absolute atomic E-state index is 6.03. The Labute approximate surface area is 116 Å². The molecule has 1 aliphatic heterocycles. The van der Waals surface area contributed by atoms with Gasteiger partial charge in [-0.25, -0.2) is 4.99 Å². The monoisotopic (exact) mass is 285 g/mol. The Morgan fingerprint density at radius 2 is 2.06 bits per heavy atom. The van der Waals surface area contributed by atoms with Crippen molar-refractivity contribution in [2.24, 2.45) is 10.7 Å². The smallest absolute Gasteiger partial charge is 0.191 e. The van der Waals surface area contributed by atoms with Crippen LogP contribution >= 0.6 is 23.1 Å². The van der Waals surface area contributed by atoms with Crippen LogP contribution in [0.5, 0.6) is 0 Å². The second kappa shape index (κ2) is 6.94. The average Bonchev–Trinajstić information content (AvgIpc) is 2.68. The van der Waals surface area contributed by atoms with Crippen LogP contribution in [0, 0.1) is 0 Å². The lowest BCUT2D eigenvalue weighted by molar-refractivity contribution is 0.428. The first kappa shape index (κ1) is 13.6. The fraction of sp³-hybridized carbons (Fsp3) is 0.727. The molecule has 0 unspecified atom stereocenters. The summed E-state index contributed by atoms with van der Waals surface area (Å²) in [6.45, 7) is 2.60. The van der Waals surface area contributed by atoms with E-state index in [-0.39, 0.29) is 0 Å². The van der Waals surface area contributed by atoms with Gasteiger partial charge >= 0.3 is 0 Å². The van der Waals surface area contributed by atoms with Crippen LogP contribution in [-0.4, -0.2) is 40.4 Å².